The lowest BCUT2D eigenvalue weighted by Crippen LogP contribution is -2.66. The number of likely N-dealkylation sites (tertiary alicyclic amines) is 1. The van der Waals surface area contributed by atoms with Gasteiger partial charge in [-0.1, -0.05) is 59.6 Å². The summed E-state index contributed by atoms with van der Waals surface area (Å²) in [6, 6.07) is 22.7. The summed E-state index contributed by atoms with van der Waals surface area (Å²) >= 11 is 12.3. The van der Waals surface area contributed by atoms with Crippen LogP contribution in [0.25, 0.3) is 0 Å². The van der Waals surface area contributed by atoms with Gasteiger partial charge in [-0.25, -0.2) is 8.42 Å². The first-order valence-corrected chi connectivity index (χ1v) is 14.9. The molecule has 36 heavy (non-hydrogen) atoms. The van der Waals surface area contributed by atoms with Crippen molar-refractivity contribution < 1.29 is 13.5 Å². The maximum absolute atomic E-state index is 13.1. The topological polar surface area (TPSA) is 60.9 Å². The van der Waals surface area contributed by atoms with E-state index in [-0.39, 0.29) is 19.1 Å². The quantitative estimate of drug-likeness (QED) is 0.424. The minimum absolute atomic E-state index is 0.170. The third-order valence-corrected chi connectivity index (χ3v) is 9.32. The molecule has 3 aromatic carbocycles. The molecule has 1 atom stereocenters. The number of nitrogens with zero attached hydrogens (tertiary/aromatic N) is 2. The second kappa shape index (κ2) is 9.99. The average Bonchev–Trinajstić information content (AvgIpc) is 3.35. The van der Waals surface area contributed by atoms with Gasteiger partial charge in [-0.3, -0.25) is 4.90 Å². The van der Waals surface area contributed by atoms with E-state index >= 15 is 0 Å². The molecule has 8 heteroatoms. The number of rotatable bonds is 7. The Morgan fingerprint density at radius 1 is 0.833 bits per heavy atom. The fourth-order valence-corrected chi connectivity index (χ4v) is 7.56. The number of sulfone groups is 1. The number of halogens is 2. The molecule has 2 aliphatic rings. The zero-order valence-corrected chi connectivity index (χ0v) is 22.5. The lowest BCUT2D eigenvalue weighted by Gasteiger charge is -2.53. The average molecular weight is 546 g/mol. The van der Waals surface area contributed by atoms with E-state index in [9.17, 15) is 13.5 Å². The molecule has 0 spiro atoms. The van der Waals surface area contributed by atoms with Crippen molar-refractivity contribution in [1.82, 2.24) is 4.90 Å². The van der Waals surface area contributed by atoms with Gasteiger partial charge in [-0.2, -0.15) is 0 Å². The van der Waals surface area contributed by atoms with E-state index < -0.39 is 20.7 Å². The predicted molar refractivity (Wildman–Crippen MR) is 147 cm³/mol. The Morgan fingerprint density at radius 2 is 1.36 bits per heavy atom. The summed E-state index contributed by atoms with van der Waals surface area (Å²) in [6.07, 6.45) is 3.49. The molecule has 0 radical (unpaired) electrons. The van der Waals surface area contributed by atoms with Crippen LogP contribution in [0.2, 0.25) is 10.0 Å². The van der Waals surface area contributed by atoms with Gasteiger partial charge in [0.1, 0.15) is 10.9 Å². The Bertz CT molecular complexity index is 1270. The van der Waals surface area contributed by atoms with Crippen molar-refractivity contribution in [2.45, 2.75) is 29.7 Å². The molecule has 2 heterocycles. The summed E-state index contributed by atoms with van der Waals surface area (Å²) in [4.78, 5) is 4.38. The van der Waals surface area contributed by atoms with Crippen LogP contribution in [0.1, 0.15) is 40.8 Å². The Kier molecular flexibility index (Phi) is 7.09. The van der Waals surface area contributed by atoms with Gasteiger partial charge >= 0.3 is 0 Å². The standard InChI is InChI=1S/C28H30Cl2N2O3S/c1-36(34,35)27(22-5-4-6-25(17-22)31-15-2-3-16-31)28(33)18-32(19-28)26(20-7-11-23(29)12-8-20)21-9-13-24(30)14-10-21/h4-14,17,26-27,33H,2-3,15-16,18-19H2,1H3. The van der Waals surface area contributed by atoms with Gasteiger partial charge in [0.15, 0.2) is 9.84 Å². The molecule has 0 aliphatic carbocycles. The summed E-state index contributed by atoms with van der Waals surface area (Å²) in [6.45, 7) is 2.37. The largest absolute Gasteiger partial charge is 0.385 e. The maximum atomic E-state index is 13.1. The molecule has 1 unspecified atom stereocenters. The molecule has 0 aromatic heterocycles. The molecule has 0 amide bonds. The Labute approximate surface area is 223 Å². The molecule has 2 saturated heterocycles. The van der Waals surface area contributed by atoms with E-state index in [1.54, 1.807) is 0 Å². The highest BCUT2D eigenvalue weighted by Crippen LogP contribution is 2.45. The van der Waals surface area contributed by atoms with E-state index in [0.717, 1.165) is 42.7 Å². The van der Waals surface area contributed by atoms with Crippen LogP contribution in [0.3, 0.4) is 0 Å². The van der Waals surface area contributed by atoms with Crippen LogP contribution in [-0.2, 0) is 9.84 Å². The maximum Gasteiger partial charge on any atom is 0.157 e. The zero-order valence-electron chi connectivity index (χ0n) is 20.1. The molecular weight excluding hydrogens is 515 g/mol. The summed E-state index contributed by atoms with van der Waals surface area (Å²) < 4.78 is 26.1. The number of anilines is 1. The smallest absolute Gasteiger partial charge is 0.157 e. The van der Waals surface area contributed by atoms with Crippen molar-refractivity contribution in [1.29, 1.82) is 0 Å². The van der Waals surface area contributed by atoms with Crippen LogP contribution >= 0.6 is 23.2 Å². The molecule has 2 aliphatic heterocycles. The first-order valence-electron chi connectivity index (χ1n) is 12.2. The highest BCUT2D eigenvalue weighted by Gasteiger charge is 2.54. The van der Waals surface area contributed by atoms with E-state index in [1.165, 1.54) is 6.26 Å². The normalized spacial score (nSPS) is 18.9. The van der Waals surface area contributed by atoms with Gasteiger partial charge in [0.2, 0.25) is 0 Å². The molecule has 0 saturated carbocycles. The molecule has 3 aromatic rings. The van der Waals surface area contributed by atoms with Gasteiger partial charge in [-0.05, 0) is 65.9 Å². The molecule has 190 valence electrons. The van der Waals surface area contributed by atoms with Gasteiger partial charge in [-0.15, -0.1) is 0 Å². The third-order valence-electron chi connectivity index (χ3n) is 7.25. The molecule has 5 nitrogen and oxygen atoms in total. The number of β-amino-alcohol motifs (C(OH)–C–C–N with tert-alkyl or cyclic N) is 1. The van der Waals surface area contributed by atoms with Gasteiger partial charge in [0, 0.05) is 48.2 Å². The van der Waals surface area contributed by atoms with Crippen molar-refractivity contribution in [2.75, 3.05) is 37.3 Å². The Balaban J connectivity index is 1.46. The van der Waals surface area contributed by atoms with E-state index in [1.807, 2.05) is 72.8 Å². The molecule has 0 bridgehead atoms. The molecular formula is C28H30Cl2N2O3S. The SMILES string of the molecule is CS(=O)(=O)C(c1cccc(N2CCCC2)c1)C1(O)CN(C(c2ccc(Cl)cc2)c2ccc(Cl)cc2)C1. The zero-order chi connectivity index (χ0) is 25.5. The molecule has 2 fully saturated rings. The molecule has 1 N–H and O–H groups in total. The number of hydrogen-bond acceptors (Lipinski definition) is 5. The minimum Gasteiger partial charge on any atom is -0.385 e. The van der Waals surface area contributed by atoms with Crippen molar-refractivity contribution in [3.8, 4) is 0 Å². The van der Waals surface area contributed by atoms with Crippen molar-refractivity contribution in [3.05, 3.63) is 99.5 Å². The highest BCUT2D eigenvalue weighted by atomic mass is 35.5. The van der Waals surface area contributed by atoms with Crippen LogP contribution in [0.15, 0.2) is 72.8 Å². The fraction of sp³-hybridized carbons (Fsp3) is 0.357. The summed E-state index contributed by atoms with van der Waals surface area (Å²) in [5.74, 6) is 0. The van der Waals surface area contributed by atoms with Crippen LogP contribution in [0, 0.1) is 0 Å². The van der Waals surface area contributed by atoms with Gasteiger partial charge in [0.05, 0.1) is 6.04 Å². The number of aliphatic hydroxyl groups is 1. The monoisotopic (exact) mass is 544 g/mol. The van der Waals surface area contributed by atoms with E-state index in [2.05, 4.69) is 9.80 Å². The second-order valence-electron chi connectivity index (χ2n) is 10.0. The lowest BCUT2D eigenvalue weighted by molar-refractivity contribution is -0.112. The fourth-order valence-electron chi connectivity index (χ4n) is 5.73. The van der Waals surface area contributed by atoms with Crippen molar-refractivity contribution in [3.63, 3.8) is 0 Å². The third kappa shape index (κ3) is 5.15. The summed E-state index contributed by atoms with van der Waals surface area (Å²) in [7, 11) is -3.60. The number of benzene rings is 3. The summed E-state index contributed by atoms with van der Waals surface area (Å²) in [5, 5.41) is 12.0. The first-order chi connectivity index (χ1) is 17.1. The van der Waals surface area contributed by atoms with Gasteiger partial charge < -0.3 is 10.0 Å². The molecule has 5 rings (SSSR count). The van der Waals surface area contributed by atoms with Crippen LogP contribution < -0.4 is 4.90 Å². The van der Waals surface area contributed by atoms with Crippen LogP contribution in [0.5, 0.6) is 0 Å². The van der Waals surface area contributed by atoms with Crippen molar-refractivity contribution >= 4 is 38.7 Å². The van der Waals surface area contributed by atoms with Crippen LogP contribution in [0.4, 0.5) is 5.69 Å². The second-order valence-corrected chi connectivity index (χ2v) is 13.0. The predicted octanol–water partition coefficient (Wildman–Crippen LogP) is 5.52. The summed E-state index contributed by atoms with van der Waals surface area (Å²) in [5.41, 5.74) is 2.26. The Morgan fingerprint density at radius 3 is 1.86 bits per heavy atom. The number of hydrogen-bond donors (Lipinski definition) is 1. The van der Waals surface area contributed by atoms with Crippen molar-refractivity contribution in [2.24, 2.45) is 0 Å². The first kappa shape index (κ1) is 25.6. The lowest BCUT2D eigenvalue weighted by atomic mass is 9.82. The van der Waals surface area contributed by atoms with Gasteiger partial charge in [0.25, 0.3) is 0 Å². The Hall–Kier alpha value is -2.09. The highest BCUT2D eigenvalue weighted by molar-refractivity contribution is 7.91. The van der Waals surface area contributed by atoms with E-state index in [0.29, 0.717) is 15.6 Å². The minimum atomic E-state index is -3.60. The van der Waals surface area contributed by atoms with E-state index in [4.69, 9.17) is 23.2 Å². The van der Waals surface area contributed by atoms with Crippen LogP contribution in [-0.4, -0.2) is 56.5 Å².